The maximum Gasteiger partial charge on any atom is 0.269 e. The van der Waals surface area contributed by atoms with Gasteiger partial charge in [0.1, 0.15) is 0 Å². The molecule has 1 rings (SSSR count). The second-order valence-electron chi connectivity index (χ2n) is 3.92. The molecule has 0 aliphatic heterocycles. The average molecular weight is 254 g/mol. The van der Waals surface area contributed by atoms with Gasteiger partial charge in [0.2, 0.25) is 0 Å². The van der Waals surface area contributed by atoms with Crippen LogP contribution < -0.4 is 5.32 Å². The van der Waals surface area contributed by atoms with E-state index in [1.54, 1.807) is 36.0 Å². The third-order valence-electron chi connectivity index (χ3n) is 2.60. The minimum atomic E-state index is -0.376. The van der Waals surface area contributed by atoms with Gasteiger partial charge in [0.05, 0.1) is 4.92 Å². The highest BCUT2D eigenvalue weighted by Gasteiger charge is 2.13. The van der Waals surface area contributed by atoms with E-state index in [1.165, 1.54) is 0 Å². The first-order valence-electron chi connectivity index (χ1n) is 5.69. The van der Waals surface area contributed by atoms with Gasteiger partial charge in [-0.15, -0.1) is 11.8 Å². The molecule has 0 radical (unpaired) electrons. The summed E-state index contributed by atoms with van der Waals surface area (Å²) in [5.74, 6) is 0. The second-order valence-corrected chi connectivity index (χ2v) is 5.37. The molecule has 0 amide bonds. The number of rotatable bonds is 6. The molecular weight excluding hydrogens is 236 g/mol. The lowest BCUT2D eigenvalue weighted by atomic mass is 10.2. The van der Waals surface area contributed by atoms with Gasteiger partial charge in [0.15, 0.2) is 0 Å². The monoisotopic (exact) mass is 254 g/mol. The molecule has 0 heterocycles. The molecule has 2 atom stereocenters. The largest absolute Gasteiger partial charge is 0.313 e. The number of nitrogens with zero attached hydrogens (tertiary/aromatic N) is 1. The molecule has 0 bridgehead atoms. The van der Waals surface area contributed by atoms with Gasteiger partial charge in [0, 0.05) is 28.3 Å². The molecule has 0 saturated heterocycles. The Labute approximate surface area is 106 Å². The number of nitro benzene ring substituents is 1. The van der Waals surface area contributed by atoms with Crippen molar-refractivity contribution >= 4 is 17.4 Å². The van der Waals surface area contributed by atoms with Crippen LogP contribution in [0.2, 0.25) is 0 Å². The van der Waals surface area contributed by atoms with Crippen molar-refractivity contribution in [1.82, 2.24) is 5.32 Å². The third-order valence-corrected chi connectivity index (χ3v) is 3.92. The molecule has 5 heteroatoms. The van der Waals surface area contributed by atoms with Crippen molar-refractivity contribution in [3.8, 4) is 0 Å². The maximum atomic E-state index is 10.5. The number of benzene rings is 1. The topological polar surface area (TPSA) is 55.2 Å². The van der Waals surface area contributed by atoms with E-state index in [9.17, 15) is 10.1 Å². The first-order valence-corrected chi connectivity index (χ1v) is 6.57. The van der Waals surface area contributed by atoms with E-state index >= 15 is 0 Å². The fourth-order valence-electron chi connectivity index (χ4n) is 1.45. The SMILES string of the molecule is CCNC(C)C(C)Sc1ccc([N+](=O)[O-])cc1. The molecule has 1 aromatic rings. The van der Waals surface area contributed by atoms with E-state index in [2.05, 4.69) is 26.1 Å². The predicted octanol–water partition coefficient (Wildman–Crippen LogP) is 3.07. The molecule has 0 saturated carbocycles. The van der Waals surface area contributed by atoms with Crippen LogP contribution in [0, 0.1) is 10.1 Å². The molecule has 0 aliphatic rings. The summed E-state index contributed by atoms with van der Waals surface area (Å²) < 4.78 is 0. The highest BCUT2D eigenvalue weighted by atomic mass is 32.2. The van der Waals surface area contributed by atoms with Crippen LogP contribution in [0.25, 0.3) is 0 Å². The van der Waals surface area contributed by atoms with Crippen LogP contribution in [-0.2, 0) is 0 Å². The van der Waals surface area contributed by atoms with Crippen molar-refractivity contribution in [2.45, 2.75) is 37.0 Å². The number of hydrogen-bond donors (Lipinski definition) is 1. The fraction of sp³-hybridized carbons (Fsp3) is 0.500. The summed E-state index contributed by atoms with van der Waals surface area (Å²) in [5.41, 5.74) is 0.140. The Morgan fingerprint density at radius 2 is 1.94 bits per heavy atom. The number of non-ortho nitro benzene ring substituents is 1. The van der Waals surface area contributed by atoms with Crippen molar-refractivity contribution in [1.29, 1.82) is 0 Å². The zero-order valence-corrected chi connectivity index (χ0v) is 11.2. The van der Waals surface area contributed by atoms with E-state index in [0.717, 1.165) is 11.4 Å². The van der Waals surface area contributed by atoms with Gasteiger partial charge in [-0.05, 0) is 25.6 Å². The molecule has 0 fully saturated rings. The standard InChI is InChI=1S/C12H18N2O2S/c1-4-13-9(2)10(3)17-12-7-5-11(6-8-12)14(15)16/h5-10,13H,4H2,1-3H3. The quantitative estimate of drug-likeness (QED) is 0.481. The number of thioether (sulfide) groups is 1. The Kier molecular flexibility index (Phi) is 5.44. The molecule has 0 aromatic heterocycles. The molecule has 0 aliphatic carbocycles. The normalized spacial score (nSPS) is 14.3. The number of nitrogens with one attached hydrogen (secondary N) is 1. The number of hydrogen-bond acceptors (Lipinski definition) is 4. The van der Waals surface area contributed by atoms with Gasteiger partial charge in [-0.2, -0.15) is 0 Å². The van der Waals surface area contributed by atoms with E-state index in [0.29, 0.717) is 11.3 Å². The summed E-state index contributed by atoms with van der Waals surface area (Å²) in [5, 5.41) is 14.3. The Morgan fingerprint density at radius 1 is 1.35 bits per heavy atom. The summed E-state index contributed by atoms with van der Waals surface area (Å²) in [6, 6.07) is 7.12. The summed E-state index contributed by atoms with van der Waals surface area (Å²) in [6.45, 7) is 7.33. The van der Waals surface area contributed by atoms with Crippen LogP contribution in [0.4, 0.5) is 5.69 Å². The van der Waals surface area contributed by atoms with E-state index < -0.39 is 0 Å². The van der Waals surface area contributed by atoms with Crippen LogP contribution in [0.3, 0.4) is 0 Å². The van der Waals surface area contributed by atoms with E-state index in [1.807, 2.05) is 0 Å². The molecule has 94 valence electrons. The molecule has 0 spiro atoms. The van der Waals surface area contributed by atoms with Gasteiger partial charge >= 0.3 is 0 Å². The zero-order valence-electron chi connectivity index (χ0n) is 10.3. The molecule has 1 N–H and O–H groups in total. The number of nitro groups is 1. The van der Waals surface area contributed by atoms with Gasteiger partial charge in [0.25, 0.3) is 5.69 Å². The third kappa shape index (κ3) is 4.36. The average Bonchev–Trinajstić information content (AvgIpc) is 2.30. The van der Waals surface area contributed by atoms with Crippen LogP contribution in [0.1, 0.15) is 20.8 Å². The summed E-state index contributed by atoms with van der Waals surface area (Å²) >= 11 is 1.73. The van der Waals surface area contributed by atoms with Crippen molar-refractivity contribution in [2.75, 3.05) is 6.54 Å². The predicted molar refractivity (Wildman–Crippen MR) is 71.6 cm³/mol. The Balaban J connectivity index is 2.59. The van der Waals surface area contributed by atoms with Gasteiger partial charge in [-0.25, -0.2) is 0 Å². The smallest absolute Gasteiger partial charge is 0.269 e. The summed E-state index contributed by atoms with van der Waals surface area (Å²) in [6.07, 6.45) is 0. The Morgan fingerprint density at radius 3 is 2.41 bits per heavy atom. The first-order chi connectivity index (χ1) is 8.04. The Hall–Kier alpha value is -1.07. The van der Waals surface area contributed by atoms with Gasteiger partial charge < -0.3 is 5.32 Å². The molecule has 4 nitrogen and oxygen atoms in total. The lowest BCUT2D eigenvalue weighted by molar-refractivity contribution is -0.384. The van der Waals surface area contributed by atoms with Crippen LogP contribution >= 0.6 is 11.8 Å². The summed E-state index contributed by atoms with van der Waals surface area (Å²) in [7, 11) is 0. The minimum Gasteiger partial charge on any atom is -0.313 e. The lowest BCUT2D eigenvalue weighted by Gasteiger charge is -2.20. The van der Waals surface area contributed by atoms with Crippen LogP contribution in [0.5, 0.6) is 0 Å². The molecule has 17 heavy (non-hydrogen) atoms. The molecule has 2 unspecified atom stereocenters. The summed E-state index contributed by atoms with van der Waals surface area (Å²) in [4.78, 5) is 11.2. The Bertz CT molecular complexity index is 367. The van der Waals surface area contributed by atoms with Crippen LogP contribution in [-0.4, -0.2) is 22.8 Å². The van der Waals surface area contributed by atoms with E-state index in [4.69, 9.17) is 0 Å². The highest BCUT2D eigenvalue weighted by Crippen LogP contribution is 2.26. The molecular formula is C12H18N2O2S. The first kappa shape index (κ1) is 14.0. The fourth-order valence-corrected chi connectivity index (χ4v) is 2.47. The van der Waals surface area contributed by atoms with Crippen molar-refractivity contribution in [3.63, 3.8) is 0 Å². The van der Waals surface area contributed by atoms with Crippen molar-refractivity contribution in [3.05, 3.63) is 34.4 Å². The van der Waals surface area contributed by atoms with Gasteiger partial charge in [-0.3, -0.25) is 10.1 Å². The van der Waals surface area contributed by atoms with Gasteiger partial charge in [-0.1, -0.05) is 13.8 Å². The van der Waals surface area contributed by atoms with Crippen molar-refractivity contribution < 1.29 is 4.92 Å². The van der Waals surface area contributed by atoms with Crippen LogP contribution in [0.15, 0.2) is 29.2 Å². The second kappa shape index (κ2) is 6.61. The molecule has 1 aromatic carbocycles. The highest BCUT2D eigenvalue weighted by molar-refractivity contribution is 8.00. The maximum absolute atomic E-state index is 10.5. The minimum absolute atomic E-state index is 0.140. The lowest BCUT2D eigenvalue weighted by Crippen LogP contribution is -2.33. The van der Waals surface area contributed by atoms with Crippen molar-refractivity contribution in [2.24, 2.45) is 0 Å². The van der Waals surface area contributed by atoms with E-state index in [-0.39, 0.29) is 10.6 Å². The zero-order chi connectivity index (χ0) is 12.8.